The average Bonchev–Trinajstić information content (AvgIpc) is 2.47. The molecule has 1 heterocycles. The Labute approximate surface area is 122 Å². The molecule has 0 fully saturated rings. The van der Waals surface area contributed by atoms with Gasteiger partial charge in [-0.1, -0.05) is 13.0 Å². The Balaban J connectivity index is 2.39. The molecule has 6 heteroatoms. The molecule has 0 aliphatic rings. The van der Waals surface area contributed by atoms with Crippen molar-refractivity contribution in [3.8, 4) is 11.5 Å². The van der Waals surface area contributed by atoms with Gasteiger partial charge >= 0.3 is 5.69 Å². The number of hydrogen-bond donors (Lipinski definition) is 1. The highest BCUT2D eigenvalue weighted by Gasteiger charge is 2.21. The first-order chi connectivity index (χ1) is 10.1. The van der Waals surface area contributed by atoms with E-state index in [4.69, 9.17) is 4.74 Å². The quantitative estimate of drug-likeness (QED) is 0.643. The maximum Gasteiger partial charge on any atom is 0.334 e. The minimum atomic E-state index is -0.432. The summed E-state index contributed by atoms with van der Waals surface area (Å²) in [5.41, 5.74) is 1.08. The van der Waals surface area contributed by atoms with E-state index in [9.17, 15) is 10.1 Å². The molecule has 1 aromatic carbocycles. The lowest BCUT2D eigenvalue weighted by molar-refractivity contribution is -0.384. The Morgan fingerprint density at radius 2 is 2.05 bits per heavy atom. The SMILES string of the molecule is CCCNc1cccc(Oc2cccnc2C)c1[N+](=O)[O-]. The number of para-hydroxylation sites is 1. The fraction of sp³-hybridized carbons (Fsp3) is 0.267. The van der Waals surface area contributed by atoms with Crippen LogP contribution in [0.3, 0.4) is 0 Å². The number of benzene rings is 1. The molecule has 0 aliphatic heterocycles. The predicted octanol–water partition coefficient (Wildman–Crippen LogP) is 3.91. The highest BCUT2D eigenvalue weighted by Crippen LogP contribution is 2.37. The van der Waals surface area contributed by atoms with Crippen LogP contribution in [0.2, 0.25) is 0 Å². The normalized spacial score (nSPS) is 10.2. The topological polar surface area (TPSA) is 77.3 Å². The van der Waals surface area contributed by atoms with Crippen LogP contribution in [0.4, 0.5) is 11.4 Å². The number of anilines is 1. The molecule has 2 aromatic rings. The summed E-state index contributed by atoms with van der Waals surface area (Å²) in [6, 6.07) is 8.45. The number of ether oxygens (including phenoxy) is 1. The lowest BCUT2D eigenvalue weighted by Crippen LogP contribution is -2.04. The minimum Gasteiger partial charge on any atom is -0.448 e. The number of nitro benzene ring substituents is 1. The van der Waals surface area contributed by atoms with Crippen LogP contribution in [0.25, 0.3) is 0 Å². The molecule has 1 N–H and O–H groups in total. The third kappa shape index (κ3) is 3.47. The van der Waals surface area contributed by atoms with Crippen molar-refractivity contribution in [3.05, 3.63) is 52.3 Å². The predicted molar refractivity (Wildman–Crippen MR) is 80.9 cm³/mol. The van der Waals surface area contributed by atoms with Gasteiger partial charge in [-0.15, -0.1) is 0 Å². The van der Waals surface area contributed by atoms with Gasteiger partial charge in [0.25, 0.3) is 0 Å². The maximum atomic E-state index is 11.4. The second-order valence-electron chi connectivity index (χ2n) is 4.53. The van der Waals surface area contributed by atoms with Crippen molar-refractivity contribution >= 4 is 11.4 Å². The number of nitro groups is 1. The van der Waals surface area contributed by atoms with E-state index in [2.05, 4.69) is 10.3 Å². The van der Waals surface area contributed by atoms with E-state index < -0.39 is 4.92 Å². The molecule has 110 valence electrons. The number of aromatic nitrogens is 1. The Hall–Kier alpha value is -2.63. The fourth-order valence-electron chi connectivity index (χ4n) is 1.89. The highest BCUT2D eigenvalue weighted by atomic mass is 16.6. The molecule has 0 bridgehead atoms. The molecule has 0 saturated heterocycles. The third-order valence-electron chi connectivity index (χ3n) is 2.93. The molecule has 0 radical (unpaired) electrons. The van der Waals surface area contributed by atoms with Crippen LogP contribution in [0, 0.1) is 17.0 Å². The largest absolute Gasteiger partial charge is 0.448 e. The molecule has 6 nitrogen and oxygen atoms in total. The number of nitrogens with zero attached hydrogens (tertiary/aromatic N) is 2. The van der Waals surface area contributed by atoms with Crippen molar-refractivity contribution in [2.45, 2.75) is 20.3 Å². The second kappa shape index (κ2) is 6.69. The first kappa shape index (κ1) is 14.8. The maximum absolute atomic E-state index is 11.4. The Kier molecular flexibility index (Phi) is 4.71. The molecule has 0 spiro atoms. The van der Waals surface area contributed by atoms with Crippen molar-refractivity contribution in [3.63, 3.8) is 0 Å². The summed E-state index contributed by atoms with van der Waals surface area (Å²) in [6.07, 6.45) is 2.53. The van der Waals surface area contributed by atoms with Crippen LogP contribution in [-0.4, -0.2) is 16.5 Å². The van der Waals surface area contributed by atoms with Crippen molar-refractivity contribution in [2.24, 2.45) is 0 Å². The molecule has 0 unspecified atom stereocenters. The molecular formula is C15H17N3O3. The Morgan fingerprint density at radius 1 is 1.29 bits per heavy atom. The molecule has 21 heavy (non-hydrogen) atoms. The fourth-order valence-corrected chi connectivity index (χ4v) is 1.89. The van der Waals surface area contributed by atoms with Crippen molar-refractivity contribution in [2.75, 3.05) is 11.9 Å². The van der Waals surface area contributed by atoms with E-state index >= 15 is 0 Å². The number of hydrogen-bond acceptors (Lipinski definition) is 5. The summed E-state index contributed by atoms with van der Waals surface area (Å²) < 4.78 is 5.68. The minimum absolute atomic E-state index is 0.0609. The summed E-state index contributed by atoms with van der Waals surface area (Å²) in [6.45, 7) is 4.45. The van der Waals surface area contributed by atoms with Gasteiger partial charge in [0.15, 0.2) is 0 Å². The number of pyridine rings is 1. The summed E-state index contributed by atoms with van der Waals surface area (Å²) in [4.78, 5) is 15.0. The average molecular weight is 287 g/mol. The smallest absolute Gasteiger partial charge is 0.334 e. The zero-order chi connectivity index (χ0) is 15.2. The summed E-state index contributed by atoms with van der Waals surface area (Å²) in [7, 11) is 0. The second-order valence-corrected chi connectivity index (χ2v) is 4.53. The summed E-state index contributed by atoms with van der Waals surface area (Å²) in [5, 5.41) is 14.4. The zero-order valence-electron chi connectivity index (χ0n) is 12.0. The van der Waals surface area contributed by atoms with Gasteiger partial charge in [0.1, 0.15) is 11.4 Å². The van der Waals surface area contributed by atoms with Crippen LogP contribution < -0.4 is 10.1 Å². The van der Waals surface area contributed by atoms with Crippen molar-refractivity contribution in [1.29, 1.82) is 0 Å². The molecular weight excluding hydrogens is 270 g/mol. The monoisotopic (exact) mass is 287 g/mol. The van der Waals surface area contributed by atoms with Gasteiger partial charge < -0.3 is 10.1 Å². The van der Waals surface area contributed by atoms with Gasteiger partial charge in [0.05, 0.1) is 10.6 Å². The van der Waals surface area contributed by atoms with E-state index in [1.54, 1.807) is 43.5 Å². The summed E-state index contributed by atoms with van der Waals surface area (Å²) in [5.74, 6) is 0.713. The van der Waals surface area contributed by atoms with Gasteiger partial charge in [0, 0.05) is 12.7 Å². The standard InChI is InChI=1S/C15H17N3O3/c1-3-9-17-12-6-4-7-14(15(12)18(19)20)21-13-8-5-10-16-11(13)2/h4-8,10,17H,3,9H2,1-2H3. The van der Waals surface area contributed by atoms with E-state index in [-0.39, 0.29) is 11.4 Å². The van der Waals surface area contributed by atoms with Gasteiger partial charge in [-0.3, -0.25) is 15.1 Å². The molecule has 0 saturated carbocycles. The van der Waals surface area contributed by atoms with Crippen molar-refractivity contribution in [1.82, 2.24) is 4.98 Å². The Bertz CT molecular complexity index is 644. The van der Waals surface area contributed by atoms with Crippen LogP contribution in [0.1, 0.15) is 19.0 Å². The van der Waals surface area contributed by atoms with Crippen LogP contribution in [0.5, 0.6) is 11.5 Å². The van der Waals surface area contributed by atoms with Crippen molar-refractivity contribution < 1.29 is 9.66 Å². The molecule has 0 atom stereocenters. The molecule has 0 amide bonds. The number of aryl methyl sites for hydroxylation is 1. The van der Waals surface area contributed by atoms with Gasteiger partial charge in [0.2, 0.25) is 5.75 Å². The van der Waals surface area contributed by atoms with E-state index in [1.807, 2.05) is 6.92 Å². The molecule has 2 rings (SSSR count). The van der Waals surface area contributed by atoms with E-state index in [0.29, 0.717) is 23.7 Å². The number of rotatable bonds is 6. The molecule has 0 aliphatic carbocycles. The van der Waals surface area contributed by atoms with Gasteiger partial charge in [-0.2, -0.15) is 0 Å². The first-order valence-electron chi connectivity index (χ1n) is 6.74. The van der Waals surface area contributed by atoms with Gasteiger partial charge in [-0.05, 0) is 37.6 Å². The van der Waals surface area contributed by atoms with Crippen LogP contribution in [-0.2, 0) is 0 Å². The van der Waals surface area contributed by atoms with Gasteiger partial charge in [-0.25, -0.2) is 0 Å². The van der Waals surface area contributed by atoms with E-state index in [1.165, 1.54) is 0 Å². The Morgan fingerprint density at radius 3 is 2.71 bits per heavy atom. The van der Waals surface area contributed by atoms with E-state index in [0.717, 1.165) is 6.42 Å². The lowest BCUT2D eigenvalue weighted by atomic mass is 10.2. The van der Waals surface area contributed by atoms with Crippen LogP contribution in [0.15, 0.2) is 36.5 Å². The lowest BCUT2D eigenvalue weighted by Gasteiger charge is -2.11. The molecule has 1 aromatic heterocycles. The van der Waals surface area contributed by atoms with Crippen LogP contribution >= 0.6 is 0 Å². The number of nitrogens with one attached hydrogen (secondary N) is 1. The first-order valence-corrected chi connectivity index (χ1v) is 6.74. The highest BCUT2D eigenvalue weighted by molar-refractivity contribution is 5.69. The summed E-state index contributed by atoms with van der Waals surface area (Å²) >= 11 is 0. The zero-order valence-corrected chi connectivity index (χ0v) is 12.0. The third-order valence-corrected chi connectivity index (χ3v) is 2.93.